The number of benzene rings is 8. The average molecular weight is 634 g/mol. The van der Waals surface area contributed by atoms with Crippen LogP contribution in [0.3, 0.4) is 0 Å². The summed E-state index contributed by atoms with van der Waals surface area (Å²) < 4.78 is 70.3. The monoisotopic (exact) mass is 633 g/mol. The third kappa shape index (κ3) is 4.44. The summed E-state index contributed by atoms with van der Waals surface area (Å²) in [6, 6.07) is 44.1. The van der Waals surface area contributed by atoms with E-state index in [1.54, 1.807) is 0 Å². The van der Waals surface area contributed by atoms with Gasteiger partial charge < -0.3 is 13.9 Å². The molecule has 10 rings (SSSR count). The molecule has 0 saturated carbocycles. The summed E-state index contributed by atoms with van der Waals surface area (Å²) >= 11 is 0. The molecule has 0 fully saturated rings. The van der Waals surface area contributed by atoms with Gasteiger partial charge in [0.25, 0.3) is 0 Å². The third-order valence-electron chi connectivity index (χ3n) is 9.29. The number of hydrogen-bond acceptors (Lipinski definition) is 2. The van der Waals surface area contributed by atoms with Crippen LogP contribution in [0.4, 0.5) is 17.1 Å². The normalized spacial score (nSPS) is 13.7. The Morgan fingerprint density at radius 1 is 0.490 bits per heavy atom. The first-order valence-electron chi connectivity index (χ1n) is 19.6. The highest BCUT2D eigenvalue weighted by molar-refractivity contribution is 6.14. The van der Waals surface area contributed by atoms with E-state index in [2.05, 4.69) is 59.2 Å². The number of aromatic nitrogens is 1. The van der Waals surface area contributed by atoms with E-state index in [-0.39, 0.29) is 57.8 Å². The molecule has 0 radical (unpaired) electrons. The lowest BCUT2D eigenvalue weighted by atomic mass is 10.0. The molecule has 230 valence electrons. The predicted octanol–water partition coefficient (Wildman–Crippen LogP) is 13.0. The van der Waals surface area contributed by atoms with E-state index in [9.17, 15) is 1.37 Å². The van der Waals surface area contributed by atoms with Crippen molar-refractivity contribution in [3.05, 3.63) is 182 Å². The number of hydrogen-bond donors (Lipinski definition) is 0. The Morgan fingerprint density at radius 3 is 2.10 bits per heavy atom. The molecule has 2 aromatic heterocycles. The van der Waals surface area contributed by atoms with E-state index >= 15 is 0 Å². The number of fused-ring (bicyclic) bond motifs is 7. The van der Waals surface area contributed by atoms with Crippen molar-refractivity contribution in [2.24, 2.45) is 0 Å². The van der Waals surface area contributed by atoms with Crippen LogP contribution < -0.4 is 4.90 Å². The zero-order chi connectivity index (χ0) is 38.4. The van der Waals surface area contributed by atoms with Crippen LogP contribution in [-0.4, -0.2) is 4.57 Å². The van der Waals surface area contributed by atoms with E-state index in [0.29, 0.717) is 11.4 Å². The number of para-hydroxylation sites is 2. The summed E-state index contributed by atoms with van der Waals surface area (Å²) in [5.74, 6) is 0. The van der Waals surface area contributed by atoms with Gasteiger partial charge in [-0.15, -0.1) is 0 Å². The number of rotatable bonds is 5. The quantitative estimate of drug-likeness (QED) is 0.188. The zero-order valence-electron chi connectivity index (χ0n) is 33.1. The van der Waals surface area contributed by atoms with E-state index in [1.165, 1.54) is 0 Å². The Balaban J connectivity index is 1.31. The van der Waals surface area contributed by atoms with Gasteiger partial charge in [0.05, 0.1) is 31.7 Å². The molecule has 0 atom stereocenters. The highest BCUT2D eigenvalue weighted by Crippen LogP contribution is 2.45. The Kier molecular flexibility index (Phi) is 4.79. The van der Waals surface area contributed by atoms with Crippen molar-refractivity contribution in [1.82, 2.24) is 4.57 Å². The highest BCUT2D eigenvalue weighted by Gasteiger charge is 2.21. The maximum Gasteiger partial charge on any atom is 0.137 e. The van der Waals surface area contributed by atoms with Gasteiger partial charge in [-0.1, -0.05) is 121 Å². The smallest absolute Gasteiger partial charge is 0.137 e. The summed E-state index contributed by atoms with van der Waals surface area (Å²) in [5.41, 5.74) is 6.12. The topological polar surface area (TPSA) is 21.3 Å². The minimum atomic E-state index is -0.466. The van der Waals surface area contributed by atoms with Gasteiger partial charge in [-0.2, -0.15) is 0 Å². The molecule has 0 saturated heterocycles. The molecule has 0 bridgehead atoms. The van der Waals surface area contributed by atoms with Crippen molar-refractivity contribution in [2.45, 2.75) is 0 Å². The van der Waals surface area contributed by atoms with Crippen LogP contribution in [0.15, 0.2) is 186 Å². The Bertz CT molecular complexity index is 3230. The van der Waals surface area contributed by atoms with E-state index in [0.717, 1.165) is 49.4 Å². The first-order valence-corrected chi connectivity index (χ1v) is 16.1. The van der Waals surface area contributed by atoms with Gasteiger partial charge in [-0.3, -0.25) is 0 Å². The lowest BCUT2D eigenvalue weighted by Gasteiger charge is -2.27. The van der Waals surface area contributed by atoms with Gasteiger partial charge in [0.2, 0.25) is 0 Å². The lowest BCUT2D eigenvalue weighted by Crippen LogP contribution is -2.10. The second kappa shape index (κ2) is 11.0. The predicted molar refractivity (Wildman–Crippen MR) is 206 cm³/mol. The minimum Gasteiger partial charge on any atom is -0.456 e. The van der Waals surface area contributed by atoms with Crippen LogP contribution >= 0.6 is 0 Å². The van der Waals surface area contributed by atoms with Gasteiger partial charge in [-0.05, 0) is 82.5 Å². The van der Waals surface area contributed by atoms with Gasteiger partial charge in [0.15, 0.2) is 0 Å². The van der Waals surface area contributed by atoms with Crippen molar-refractivity contribution in [1.29, 1.82) is 0 Å². The van der Waals surface area contributed by atoms with Gasteiger partial charge >= 0.3 is 0 Å². The van der Waals surface area contributed by atoms with Crippen LogP contribution in [-0.2, 0) is 0 Å². The standard InChI is InChI=1S/C46H30N2O/c1-2-11-31(12-3-1)33-21-24-35(25-22-33)47(42-18-10-20-45-46(42)40-16-7-9-19-44(40)49-45)37-27-28-39-38-15-6-8-17-41(38)48(43(39)30-37)36-26-23-32-13-4-5-14-34(32)29-36/h1-30H/i7D,9D,10D,16D,18D,19D,20D. The molecule has 0 spiro atoms. The van der Waals surface area contributed by atoms with E-state index < -0.39 is 12.1 Å². The summed E-state index contributed by atoms with van der Waals surface area (Å²) in [6.07, 6.45) is 0. The van der Waals surface area contributed by atoms with Crippen LogP contribution in [0.25, 0.3) is 71.3 Å². The fourth-order valence-electron chi connectivity index (χ4n) is 7.04. The average Bonchev–Trinajstić information content (AvgIpc) is 3.80. The molecule has 0 aliphatic heterocycles. The first kappa shape index (κ1) is 21.3. The fraction of sp³-hybridized carbons (Fsp3) is 0. The SMILES string of the molecule is [2H]c1c([2H])c([2H])c2c(oc3c([2H])c([2H])c([2H])c(N(c4ccc(-c5ccccc5)cc4)c4ccc5c6ccccc6n(-c6ccc7ccccc7c6)c5c4)c32)c1[2H]. The Morgan fingerprint density at radius 2 is 1.20 bits per heavy atom. The molecule has 3 nitrogen and oxygen atoms in total. The second-order valence-corrected chi connectivity index (χ2v) is 12.1. The van der Waals surface area contributed by atoms with Gasteiger partial charge in [0, 0.05) is 33.2 Å². The second-order valence-electron chi connectivity index (χ2n) is 12.1. The Labute approximate surface area is 293 Å². The van der Waals surface area contributed by atoms with Crippen LogP contribution in [0.1, 0.15) is 9.60 Å². The Hall–Kier alpha value is -6.58. The molecule has 8 aromatic carbocycles. The van der Waals surface area contributed by atoms with Crippen LogP contribution in [0.5, 0.6) is 0 Å². The van der Waals surface area contributed by atoms with Crippen molar-refractivity contribution in [3.63, 3.8) is 0 Å². The van der Waals surface area contributed by atoms with Crippen LogP contribution in [0, 0.1) is 0 Å². The molecule has 2 heterocycles. The largest absolute Gasteiger partial charge is 0.456 e. The van der Waals surface area contributed by atoms with Crippen molar-refractivity contribution >= 4 is 71.6 Å². The molecular weight excluding hydrogens is 597 g/mol. The molecule has 49 heavy (non-hydrogen) atoms. The molecule has 0 N–H and O–H groups in total. The van der Waals surface area contributed by atoms with Gasteiger partial charge in [-0.25, -0.2) is 0 Å². The molecule has 0 aliphatic carbocycles. The van der Waals surface area contributed by atoms with E-state index in [1.807, 2.05) is 89.8 Å². The summed E-state index contributed by atoms with van der Waals surface area (Å²) in [4.78, 5) is 1.84. The maximum atomic E-state index is 9.47. The molecule has 0 unspecified atom stereocenters. The van der Waals surface area contributed by atoms with E-state index in [4.69, 9.17) is 12.6 Å². The van der Waals surface area contributed by atoms with Crippen LogP contribution in [0.2, 0.25) is 0 Å². The summed E-state index contributed by atoms with van der Waals surface area (Å²) in [6.45, 7) is 0. The maximum absolute atomic E-state index is 9.47. The summed E-state index contributed by atoms with van der Waals surface area (Å²) in [5, 5.41) is 4.53. The van der Waals surface area contributed by atoms with Gasteiger partial charge in [0.1, 0.15) is 11.2 Å². The fourth-order valence-corrected chi connectivity index (χ4v) is 7.04. The van der Waals surface area contributed by atoms with Crippen molar-refractivity contribution < 1.29 is 14.0 Å². The van der Waals surface area contributed by atoms with Crippen molar-refractivity contribution in [2.75, 3.05) is 4.90 Å². The summed E-state index contributed by atoms with van der Waals surface area (Å²) in [7, 11) is 0. The lowest BCUT2D eigenvalue weighted by molar-refractivity contribution is 0.669. The highest BCUT2D eigenvalue weighted by atomic mass is 16.3. The molecule has 10 aromatic rings. The first-order chi connectivity index (χ1) is 27.2. The molecule has 0 aliphatic rings. The number of furan rings is 1. The number of nitrogens with zero attached hydrogens (tertiary/aromatic N) is 2. The zero-order valence-corrected chi connectivity index (χ0v) is 26.1. The molecule has 3 heteroatoms. The number of anilines is 3. The minimum absolute atomic E-state index is 0.0558. The van der Waals surface area contributed by atoms with Crippen molar-refractivity contribution in [3.8, 4) is 16.8 Å². The molecule has 0 amide bonds. The third-order valence-corrected chi connectivity index (χ3v) is 9.29. The molecular formula is C46H30N2O.